The fourth-order valence-electron chi connectivity index (χ4n) is 4.79. The Balaban J connectivity index is 1.51. The van der Waals surface area contributed by atoms with Crippen molar-refractivity contribution in [3.63, 3.8) is 0 Å². The molecule has 2 saturated carbocycles. The maximum atomic E-state index is 9.32. The lowest BCUT2D eigenvalue weighted by molar-refractivity contribution is 0.0174. The summed E-state index contributed by atoms with van der Waals surface area (Å²) in [5, 5.41) is 13.2. The summed E-state index contributed by atoms with van der Waals surface area (Å²) in [5.41, 5.74) is 0. The molecule has 1 saturated heterocycles. The molecule has 2 aliphatic carbocycles. The highest BCUT2D eigenvalue weighted by Crippen LogP contribution is 2.35. The van der Waals surface area contributed by atoms with E-state index in [4.69, 9.17) is 0 Å². The molecular weight excluding hydrogens is 260 g/mol. The molecule has 0 amide bonds. The third kappa shape index (κ3) is 4.00. The van der Waals surface area contributed by atoms with Gasteiger partial charge in [0.2, 0.25) is 0 Å². The number of likely N-dealkylation sites (tertiary alicyclic amines) is 1. The van der Waals surface area contributed by atoms with Crippen LogP contribution >= 0.6 is 0 Å². The van der Waals surface area contributed by atoms with Crippen LogP contribution in [0.25, 0.3) is 0 Å². The summed E-state index contributed by atoms with van der Waals surface area (Å²) in [5.74, 6) is 2.50. The van der Waals surface area contributed by atoms with Crippen molar-refractivity contribution >= 4 is 0 Å². The predicted molar refractivity (Wildman–Crippen MR) is 87.3 cm³/mol. The highest BCUT2D eigenvalue weighted by atomic mass is 16.3. The van der Waals surface area contributed by atoms with E-state index < -0.39 is 0 Å². The number of hydrogen-bond acceptors (Lipinski definition) is 3. The molecule has 0 radical (unpaired) electrons. The van der Waals surface area contributed by atoms with Gasteiger partial charge in [0.15, 0.2) is 0 Å². The van der Waals surface area contributed by atoms with Gasteiger partial charge in [0.25, 0.3) is 0 Å². The third-order valence-corrected chi connectivity index (χ3v) is 6.32. The van der Waals surface area contributed by atoms with E-state index in [1.54, 1.807) is 0 Å². The van der Waals surface area contributed by atoms with Gasteiger partial charge in [-0.25, -0.2) is 0 Å². The van der Waals surface area contributed by atoms with Crippen molar-refractivity contribution in [1.82, 2.24) is 10.2 Å². The van der Waals surface area contributed by atoms with Crippen LogP contribution < -0.4 is 5.32 Å². The fourth-order valence-corrected chi connectivity index (χ4v) is 4.79. The van der Waals surface area contributed by atoms with E-state index in [1.165, 1.54) is 64.6 Å². The second kappa shape index (κ2) is 7.43. The van der Waals surface area contributed by atoms with Crippen molar-refractivity contribution in [2.45, 2.75) is 70.4 Å². The maximum Gasteiger partial charge on any atom is 0.0434 e. The van der Waals surface area contributed by atoms with E-state index >= 15 is 0 Å². The zero-order valence-electron chi connectivity index (χ0n) is 13.8. The van der Waals surface area contributed by atoms with Gasteiger partial charge in [-0.05, 0) is 62.8 Å². The quantitative estimate of drug-likeness (QED) is 0.790. The largest absolute Gasteiger partial charge is 0.396 e. The van der Waals surface area contributed by atoms with Gasteiger partial charge in [0.1, 0.15) is 0 Å². The lowest BCUT2D eigenvalue weighted by Crippen LogP contribution is -2.57. The molecule has 0 aromatic carbocycles. The first-order valence-electron chi connectivity index (χ1n) is 9.34. The number of aliphatic hydroxyl groups excluding tert-OH is 1. The molecule has 122 valence electrons. The van der Waals surface area contributed by atoms with Crippen molar-refractivity contribution < 1.29 is 5.11 Å². The first-order chi connectivity index (χ1) is 10.3. The van der Waals surface area contributed by atoms with Crippen LogP contribution in [0.5, 0.6) is 0 Å². The van der Waals surface area contributed by atoms with E-state index in [9.17, 15) is 5.11 Å². The highest BCUT2D eigenvalue weighted by Gasteiger charge is 2.37. The Labute approximate surface area is 130 Å². The van der Waals surface area contributed by atoms with Gasteiger partial charge in [-0.1, -0.05) is 19.8 Å². The Kier molecular flexibility index (Phi) is 5.58. The van der Waals surface area contributed by atoms with Crippen molar-refractivity contribution in [1.29, 1.82) is 0 Å². The average molecular weight is 294 g/mol. The molecular formula is C18H34N2O. The van der Waals surface area contributed by atoms with Crippen molar-refractivity contribution in [2.24, 2.45) is 17.8 Å². The fraction of sp³-hybridized carbons (Fsp3) is 1.00. The van der Waals surface area contributed by atoms with Crippen LogP contribution in [-0.4, -0.2) is 48.3 Å². The minimum atomic E-state index is 0.355. The first kappa shape index (κ1) is 15.8. The monoisotopic (exact) mass is 294 g/mol. The van der Waals surface area contributed by atoms with Crippen LogP contribution in [0, 0.1) is 17.8 Å². The summed E-state index contributed by atoms with van der Waals surface area (Å²) >= 11 is 0. The minimum Gasteiger partial charge on any atom is -0.396 e. The van der Waals surface area contributed by atoms with Crippen molar-refractivity contribution in [3.8, 4) is 0 Å². The van der Waals surface area contributed by atoms with Crippen LogP contribution in [-0.2, 0) is 0 Å². The van der Waals surface area contributed by atoms with E-state index in [2.05, 4.69) is 17.1 Å². The van der Waals surface area contributed by atoms with Crippen LogP contribution in [0.4, 0.5) is 0 Å². The van der Waals surface area contributed by atoms with Crippen LogP contribution in [0.2, 0.25) is 0 Å². The van der Waals surface area contributed by atoms with Crippen LogP contribution in [0.1, 0.15) is 58.3 Å². The smallest absolute Gasteiger partial charge is 0.0434 e. The Bertz CT molecular complexity index is 316. The minimum absolute atomic E-state index is 0.355. The molecule has 4 unspecified atom stereocenters. The van der Waals surface area contributed by atoms with Crippen LogP contribution in [0.15, 0.2) is 0 Å². The first-order valence-corrected chi connectivity index (χ1v) is 9.34. The zero-order chi connectivity index (χ0) is 14.7. The Morgan fingerprint density at radius 1 is 1.05 bits per heavy atom. The number of nitrogens with one attached hydrogen (secondary N) is 1. The molecule has 3 fully saturated rings. The molecule has 3 rings (SSSR count). The average Bonchev–Trinajstić information content (AvgIpc) is 2.97. The van der Waals surface area contributed by atoms with E-state index in [0.29, 0.717) is 18.6 Å². The van der Waals surface area contributed by atoms with E-state index in [0.717, 1.165) is 24.3 Å². The molecule has 21 heavy (non-hydrogen) atoms. The number of aliphatic hydroxyl groups is 1. The van der Waals surface area contributed by atoms with Gasteiger partial charge < -0.3 is 10.4 Å². The zero-order valence-corrected chi connectivity index (χ0v) is 13.8. The van der Waals surface area contributed by atoms with Gasteiger partial charge in [0, 0.05) is 31.8 Å². The maximum absolute atomic E-state index is 9.32. The second-order valence-electron chi connectivity index (χ2n) is 7.95. The van der Waals surface area contributed by atoms with Crippen molar-refractivity contribution in [2.75, 3.05) is 26.2 Å². The SMILES string of the molecule is CC1CCC1N1CC(CCO)CC(NCC2CCCC2)C1. The number of hydrogen-bond donors (Lipinski definition) is 2. The molecule has 3 heteroatoms. The van der Waals surface area contributed by atoms with Crippen LogP contribution in [0.3, 0.4) is 0 Å². The van der Waals surface area contributed by atoms with E-state index in [1.807, 2.05) is 0 Å². The number of piperidine rings is 1. The summed E-state index contributed by atoms with van der Waals surface area (Å²) in [6, 6.07) is 1.48. The topological polar surface area (TPSA) is 35.5 Å². The van der Waals surface area contributed by atoms with Gasteiger partial charge in [-0.3, -0.25) is 4.90 Å². The number of nitrogens with zero attached hydrogens (tertiary/aromatic N) is 1. The highest BCUT2D eigenvalue weighted by molar-refractivity contribution is 4.93. The summed E-state index contributed by atoms with van der Waals surface area (Å²) in [6.07, 6.45) is 10.8. The summed E-state index contributed by atoms with van der Waals surface area (Å²) in [7, 11) is 0. The predicted octanol–water partition coefficient (Wildman–Crippen LogP) is 2.64. The molecule has 3 nitrogen and oxygen atoms in total. The van der Waals surface area contributed by atoms with Crippen molar-refractivity contribution in [3.05, 3.63) is 0 Å². The molecule has 0 aromatic heterocycles. The molecule has 1 heterocycles. The normalized spacial score (nSPS) is 38.6. The van der Waals surface area contributed by atoms with Gasteiger partial charge in [-0.2, -0.15) is 0 Å². The number of rotatable bonds is 6. The molecule has 0 aromatic rings. The molecule has 0 bridgehead atoms. The molecule has 3 aliphatic rings. The van der Waals surface area contributed by atoms with Gasteiger partial charge in [0.05, 0.1) is 0 Å². The lowest BCUT2D eigenvalue weighted by atomic mass is 9.78. The molecule has 0 spiro atoms. The van der Waals surface area contributed by atoms with Gasteiger partial charge in [-0.15, -0.1) is 0 Å². The summed E-state index contributed by atoms with van der Waals surface area (Å²) in [4.78, 5) is 2.74. The summed E-state index contributed by atoms with van der Waals surface area (Å²) < 4.78 is 0. The van der Waals surface area contributed by atoms with E-state index in [-0.39, 0.29) is 0 Å². The Morgan fingerprint density at radius 3 is 2.48 bits per heavy atom. The molecule has 1 aliphatic heterocycles. The Hall–Kier alpha value is -0.120. The Morgan fingerprint density at radius 2 is 1.86 bits per heavy atom. The summed E-state index contributed by atoms with van der Waals surface area (Å²) in [6.45, 7) is 6.45. The molecule has 2 N–H and O–H groups in total. The third-order valence-electron chi connectivity index (χ3n) is 6.32. The second-order valence-corrected chi connectivity index (χ2v) is 7.95. The molecule has 4 atom stereocenters. The van der Waals surface area contributed by atoms with Gasteiger partial charge >= 0.3 is 0 Å². The lowest BCUT2D eigenvalue weighted by Gasteiger charge is -2.48. The standard InChI is InChI=1S/C18H34N2O/c1-14-6-7-18(14)20-12-16(8-9-21)10-17(13-20)19-11-15-4-2-3-5-15/h14-19,21H,2-13H2,1H3.